The molecule has 1 amide bonds. The maximum Gasteiger partial charge on any atom is 0.244 e. The van der Waals surface area contributed by atoms with Gasteiger partial charge < -0.3 is 11.5 Å². The van der Waals surface area contributed by atoms with Crippen LogP contribution >= 0.6 is 0 Å². The molecule has 0 aromatic heterocycles. The molecule has 0 aromatic carbocycles. The van der Waals surface area contributed by atoms with Crippen LogP contribution in [0.4, 0.5) is 0 Å². The molecule has 0 saturated heterocycles. The van der Waals surface area contributed by atoms with Crippen molar-refractivity contribution >= 4 is 5.91 Å². The summed E-state index contributed by atoms with van der Waals surface area (Å²) >= 11 is 0. The number of hydrogen-bond donors (Lipinski definition) is 2. The van der Waals surface area contributed by atoms with Crippen molar-refractivity contribution in [3.8, 4) is 0 Å². The number of hydrogen-bond acceptors (Lipinski definition) is 2. The number of primary amides is 1. The Kier molecular flexibility index (Phi) is 3.43. The van der Waals surface area contributed by atoms with Crippen LogP contribution in [0.3, 0.4) is 0 Å². The van der Waals surface area contributed by atoms with Gasteiger partial charge in [-0.15, -0.1) is 6.58 Å². The minimum atomic E-state index is -0.447. The van der Waals surface area contributed by atoms with E-state index in [4.69, 9.17) is 11.5 Å². The molecule has 1 unspecified atom stereocenters. The summed E-state index contributed by atoms with van der Waals surface area (Å²) in [6, 6.07) is -0.285. The quantitative estimate of drug-likeness (QED) is 0.425. The highest BCUT2D eigenvalue weighted by Crippen LogP contribution is 1.92. The molecule has 0 radical (unpaired) electrons. The molecule has 0 aliphatic heterocycles. The lowest BCUT2D eigenvalue weighted by Crippen LogP contribution is -2.18. The number of rotatable bonds is 3. The summed E-state index contributed by atoms with van der Waals surface area (Å²) in [5.74, 6) is -0.447. The Hall–Kier alpha value is -1.09. The first-order chi connectivity index (χ1) is 4.57. The van der Waals surface area contributed by atoms with Crippen molar-refractivity contribution in [2.24, 2.45) is 11.5 Å². The molecule has 0 heterocycles. The zero-order valence-electron chi connectivity index (χ0n) is 6.00. The second kappa shape index (κ2) is 3.85. The average molecular weight is 140 g/mol. The highest BCUT2D eigenvalue weighted by molar-refractivity contribution is 5.91. The van der Waals surface area contributed by atoms with E-state index >= 15 is 0 Å². The van der Waals surface area contributed by atoms with Gasteiger partial charge in [0.25, 0.3) is 0 Å². The lowest BCUT2D eigenvalue weighted by molar-refractivity contribution is -0.114. The second-order valence-electron chi connectivity index (χ2n) is 2.03. The smallest absolute Gasteiger partial charge is 0.244 e. The Morgan fingerprint density at radius 3 is 2.50 bits per heavy atom. The van der Waals surface area contributed by atoms with Crippen molar-refractivity contribution < 1.29 is 4.79 Å². The lowest BCUT2D eigenvalue weighted by Gasteiger charge is -1.98. The van der Waals surface area contributed by atoms with E-state index in [1.54, 1.807) is 13.0 Å². The summed E-state index contributed by atoms with van der Waals surface area (Å²) in [4.78, 5) is 10.4. The van der Waals surface area contributed by atoms with Crippen molar-refractivity contribution in [1.82, 2.24) is 0 Å². The topological polar surface area (TPSA) is 69.1 Å². The molecule has 56 valence electrons. The SMILES string of the molecule is C=CC(N)/C=C(\C)C(N)=O. The Morgan fingerprint density at radius 2 is 2.20 bits per heavy atom. The third-order valence-corrected chi connectivity index (χ3v) is 1.10. The zero-order chi connectivity index (χ0) is 8.15. The van der Waals surface area contributed by atoms with Crippen LogP contribution in [0.2, 0.25) is 0 Å². The van der Waals surface area contributed by atoms with Crippen molar-refractivity contribution in [2.45, 2.75) is 13.0 Å². The largest absolute Gasteiger partial charge is 0.366 e. The minimum Gasteiger partial charge on any atom is -0.366 e. The van der Waals surface area contributed by atoms with Gasteiger partial charge >= 0.3 is 0 Å². The molecule has 0 spiro atoms. The van der Waals surface area contributed by atoms with Gasteiger partial charge in [0.1, 0.15) is 0 Å². The van der Waals surface area contributed by atoms with Gasteiger partial charge in [-0.1, -0.05) is 12.2 Å². The first-order valence-corrected chi connectivity index (χ1v) is 2.94. The first kappa shape index (κ1) is 8.91. The fourth-order valence-corrected chi connectivity index (χ4v) is 0.439. The van der Waals surface area contributed by atoms with Gasteiger partial charge in [-0.2, -0.15) is 0 Å². The van der Waals surface area contributed by atoms with Gasteiger partial charge in [0, 0.05) is 11.6 Å². The van der Waals surface area contributed by atoms with Gasteiger partial charge in [-0.25, -0.2) is 0 Å². The maximum atomic E-state index is 10.4. The standard InChI is InChI=1S/C7H12N2O/c1-3-6(8)4-5(2)7(9)10/h3-4,6H,1,8H2,2H3,(H2,9,10)/b5-4+. The van der Waals surface area contributed by atoms with Gasteiger partial charge in [0.15, 0.2) is 0 Å². The summed E-state index contributed by atoms with van der Waals surface area (Å²) in [7, 11) is 0. The summed E-state index contributed by atoms with van der Waals surface area (Å²) in [5, 5.41) is 0. The van der Waals surface area contributed by atoms with Gasteiger partial charge in [0.2, 0.25) is 5.91 Å². The van der Waals surface area contributed by atoms with E-state index in [-0.39, 0.29) is 6.04 Å². The molecule has 0 aromatic rings. The zero-order valence-corrected chi connectivity index (χ0v) is 6.00. The van der Waals surface area contributed by atoms with Crippen LogP contribution < -0.4 is 11.5 Å². The third-order valence-electron chi connectivity index (χ3n) is 1.10. The molecule has 0 aliphatic rings. The molecular weight excluding hydrogens is 128 g/mol. The Labute approximate surface area is 60.4 Å². The van der Waals surface area contributed by atoms with E-state index in [2.05, 4.69) is 6.58 Å². The fourth-order valence-electron chi connectivity index (χ4n) is 0.439. The van der Waals surface area contributed by atoms with Crippen molar-refractivity contribution in [3.63, 3.8) is 0 Å². The Morgan fingerprint density at radius 1 is 1.70 bits per heavy atom. The van der Waals surface area contributed by atoms with Crippen LogP contribution in [-0.2, 0) is 4.79 Å². The average Bonchev–Trinajstić information content (AvgIpc) is 1.87. The summed E-state index contributed by atoms with van der Waals surface area (Å²) < 4.78 is 0. The van der Waals surface area contributed by atoms with Crippen molar-refractivity contribution in [3.05, 3.63) is 24.3 Å². The van der Waals surface area contributed by atoms with E-state index in [0.717, 1.165) is 0 Å². The Bertz CT molecular complexity index is 172. The predicted molar refractivity (Wildman–Crippen MR) is 41.1 cm³/mol. The van der Waals surface area contributed by atoms with Crippen LogP contribution in [0.5, 0.6) is 0 Å². The van der Waals surface area contributed by atoms with Crippen LogP contribution in [-0.4, -0.2) is 11.9 Å². The van der Waals surface area contributed by atoms with Crippen LogP contribution in [0.25, 0.3) is 0 Å². The highest BCUT2D eigenvalue weighted by Gasteiger charge is 1.97. The van der Waals surface area contributed by atoms with Gasteiger partial charge in [-0.3, -0.25) is 4.79 Å². The minimum absolute atomic E-state index is 0.285. The second-order valence-corrected chi connectivity index (χ2v) is 2.03. The van der Waals surface area contributed by atoms with E-state index in [9.17, 15) is 4.79 Å². The number of carbonyl (C=O) groups is 1. The molecule has 1 atom stereocenters. The maximum absolute atomic E-state index is 10.4. The molecule has 0 saturated carbocycles. The molecule has 0 bridgehead atoms. The normalized spacial score (nSPS) is 14.4. The summed E-state index contributed by atoms with van der Waals surface area (Å²) in [6.45, 7) is 5.07. The Balaban J connectivity index is 4.15. The molecule has 3 heteroatoms. The fraction of sp³-hybridized carbons (Fsp3) is 0.286. The molecule has 4 N–H and O–H groups in total. The first-order valence-electron chi connectivity index (χ1n) is 2.94. The highest BCUT2D eigenvalue weighted by atomic mass is 16.1. The summed E-state index contributed by atoms with van der Waals surface area (Å²) in [5.41, 5.74) is 10.8. The third kappa shape index (κ3) is 3.04. The van der Waals surface area contributed by atoms with Gasteiger partial charge in [0.05, 0.1) is 0 Å². The van der Waals surface area contributed by atoms with E-state index in [1.165, 1.54) is 6.08 Å². The molecule has 10 heavy (non-hydrogen) atoms. The van der Waals surface area contributed by atoms with Crippen LogP contribution in [0.1, 0.15) is 6.92 Å². The monoisotopic (exact) mass is 140 g/mol. The molecule has 3 nitrogen and oxygen atoms in total. The predicted octanol–water partition coefficient (Wildman–Crippen LogP) is -0.0687. The van der Waals surface area contributed by atoms with E-state index in [0.29, 0.717) is 5.57 Å². The van der Waals surface area contributed by atoms with E-state index < -0.39 is 5.91 Å². The molecule has 0 aliphatic carbocycles. The summed E-state index contributed by atoms with van der Waals surface area (Å²) in [6.07, 6.45) is 3.10. The van der Waals surface area contributed by atoms with Crippen LogP contribution in [0, 0.1) is 0 Å². The number of nitrogens with two attached hydrogens (primary N) is 2. The molecular formula is C7H12N2O. The van der Waals surface area contributed by atoms with Gasteiger partial charge in [-0.05, 0) is 6.92 Å². The lowest BCUT2D eigenvalue weighted by atomic mass is 10.2. The van der Waals surface area contributed by atoms with Crippen LogP contribution in [0.15, 0.2) is 24.3 Å². The molecule has 0 fully saturated rings. The van der Waals surface area contributed by atoms with E-state index in [1.807, 2.05) is 0 Å². The number of carbonyl (C=O) groups excluding carboxylic acids is 1. The number of amides is 1. The van der Waals surface area contributed by atoms with Crippen molar-refractivity contribution in [1.29, 1.82) is 0 Å². The molecule has 0 rings (SSSR count). The van der Waals surface area contributed by atoms with Crippen molar-refractivity contribution in [2.75, 3.05) is 0 Å².